The standard InChI is InChI=1S/C12H22N2O3/c1-5-14(8(2)7-13(3)4)11(15)9-6-10(9)12(16)17/h8-10H,5-7H2,1-4H3,(H,16,17). The van der Waals surface area contributed by atoms with Crippen molar-refractivity contribution in [1.29, 1.82) is 0 Å². The SMILES string of the molecule is CCN(C(=O)C1CC1C(=O)O)C(C)CN(C)C. The van der Waals surface area contributed by atoms with Crippen LogP contribution in [-0.2, 0) is 9.59 Å². The summed E-state index contributed by atoms with van der Waals surface area (Å²) in [5.41, 5.74) is 0. The molecule has 1 rings (SSSR count). The highest BCUT2D eigenvalue weighted by atomic mass is 16.4. The van der Waals surface area contributed by atoms with Gasteiger partial charge >= 0.3 is 5.97 Å². The molecule has 5 heteroatoms. The first-order valence-electron chi connectivity index (χ1n) is 6.06. The van der Waals surface area contributed by atoms with Crippen LogP contribution in [0, 0.1) is 11.8 Å². The van der Waals surface area contributed by atoms with E-state index in [9.17, 15) is 9.59 Å². The molecule has 17 heavy (non-hydrogen) atoms. The van der Waals surface area contributed by atoms with Crippen molar-refractivity contribution < 1.29 is 14.7 Å². The summed E-state index contributed by atoms with van der Waals surface area (Å²) in [4.78, 5) is 26.7. The Kier molecular flexibility index (Phi) is 4.51. The van der Waals surface area contributed by atoms with Gasteiger partial charge in [0.25, 0.3) is 0 Å². The Morgan fingerprint density at radius 1 is 1.35 bits per heavy atom. The number of carboxylic acid groups (broad SMARTS) is 1. The zero-order valence-corrected chi connectivity index (χ0v) is 11.0. The molecule has 1 fully saturated rings. The molecule has 0 spiro atoms. The molecule has 1 N–H and O–H groups in total. The van der Waals surface area contributed by atoms with E-state index in [1.54, 1.807) is 4.90 Å². The Bertz CT molecular complexity index is 304. The Hall–Kier alpha value is -1.10. The number of hydrogen-bond donors (Lipinski definition) is 1. The van der Waals surface area contributed by atoms with Crippen molar-refractivity contribution in [3.8, 4) is 0 Å². The van der Waals surface area contributed by atoms with Crippen LogP contribution in [0.2, 0.25) is 0 Å². The monoisotopic (exact) mass is 242 g/mol. The first-order valence-corrected chi connectivity index (χ1v) is 6.06. The van der Waals surface area contributed by atoms with Gasteiger partial charge < -0.3 is 14.9 Å². The van der Waals surface area contributed by atoms with Gasteiger partial charge in [0.2, 0.25) is 5.91 Å². The number of amides is 1. The number of carbonyl (C=O) groups is 2. The molecule has 0 aromatic heterocycles. The highest BCUT2D eigenvalue weighted by Crippen LogP contribution is 2.40. The predicted molar refractivity (Wildman–Crippen MR) is 64.6 cm³/mol. The molecular formula is C12H22N2O3. The smallest absolute Gasteiger partial charge is 0.307 e. The van der Waals surface area contributed by atoms with Gasteiger partial charge in [-0.25, -0.2) is 0 Å². The normalized spacial score (nSPS) is 24.5. The molecule has 0 saturated heterocycles. The van der Waals surface area contributed by atoms with E-state index in [1.165, 1.54) is 0 Å². The van der Waals surface area contributed by atoms with Gasteiger partial charge in [0.05, 0.1) is 11.8 Å². The fourth-order valence-corrected chi connectivity index (χ4v) is 2.27. The van der Waals surface area contributed by atoms with Crippen molar-refractivity contribution in [2.24, 2.45) is 11.8 Å². The summed E-state index contributed by atoms with van der Waals surface area (Å²) in [5.74, 6) is -1.60. The maximum absolute atomic E-state index is 12.1. The van der Waals surface area contributed by atoms with Crippen molar-refractivity contribution in [3.05, 3.63) is 0 Å². The lowest BCUT2D eigenvalue weighted by Crippen LogP contribution is -2.44. The third-order valence-corrected chi connectivity index (χ3v) is 3.21. The fraction of sp³-hybridized carbons (Fsp3) is 0.833. The Morgan fingerprint density at radius 3 is 2.29 bits per heavy atom. The van der Waals surface area contributed by atoms with Crippen LogP contribution in [-0.4, -0.2) is 60.0 Å². The summed E-state index contributed by atoms with van der Waals surface area (Å²) in [5, 5.41) is 8.83. The molecule has 0 radical (unpaired) electrons. The van der Waals surface area contributed by atoms with E-state index in [4.69, 9.17) is 5.11 Å². The Labute approximate surface area is 102 Å². The first kappa shape index (κ1) is 14.0. The van der Waals surface area contributed by atoms with E-state index in [1.807, 2.05) is 32.8 Å². The van der Waals surface area contributed by atoms with E-state index in [0.717, 1.165) is 6.54 Å². The Balaban J connectivity index is 2.56. The van der Waals surface area contributed by atoms with Crippen LogP contribution in [0.15, 0.2) is 0 Å². The van der Waals surface area contributed by atoms with Crippen molar-refractivity contribution in [2.75, 3.05) is 27.2 Å². The average Bonchev–Trinajstić information content (AvgIpc) is 2.96. The molecular weight excluding hydrogens is 220 g/mol. The topological polar surface area (TPSA) is 60.9 Å². The van der Waals surface area contributed by atoms with Gasteiger partial charge in [-0.3, -0.25) is 9.59 Å². The third-order valence-electron chi connectivity index (χ3n) is 3.21. The van der Waals surface area contributed by atoms with Crippen molar-refractivity contribution in [1.82, 2.24) is 9.80 Å². The number of carbonyl (C=O) groups excluding carboxylic acids is 1. The summed E-state index contributed by atoms with van der Waals surface area (Å²) >= 11 is 0. The molecule has 0 heterocycles. The van der Waals surface area contributed by atoms with Crippen molar-refractivity contribution >= 4 is 11.9 Å². The third kappa shape index (κ3) is 3.43. The molecule has 0 aromatic carbocycles. The van der Waals surface area contributed by atoms with Crippen LogP contribution in [0.25, 0.3) is 0 Å². The van der Waals surface area contributed by atoms with Gasteiger partial charge in [-0.2, -0.15) is 0 Å². The van der Waals surface area contributed by atoms with Crippen LogP contribution in [0.4, 0.5) is 0 Å². The van der Waals surface area contributed by atoms with Crippen LogP contribution < -0.4 is 0 Å². The zero-order valence-electron chi connectivity index (χ0n) is 11.0. The minimum Gasteiger partial charge on any atom is -0.481 e. The second-order valence-electron chi connectivity index (χ2n) is 5.02. The highest BCUT2D eigenvalue weighted by Gasteiger charge is 2.50. The summed E-state index contributed by atoms with van der Waals surface area (Å²) < 4.78 is 0. The van der Waals surface area contributed by atoms with Gasteiger partial charge in [0, 0.05) is 19.1 Å². The van der Waals surface area contributed by atoms with Gasteiger partial charge in [0.15, 0.2) is 0 Å². The highest BCUT2D eigenvalue weighted by molar-refractivity contribution is 5.89. The van der Waals surface area contributed by atoms with Crippen LogP contribution in [0.1, 0.15) is 20.3 Å². The molecule has 1 saturated carbocycles. The maximum Gasteiger partial charge on any atom is 0.307 e. The summed E-state index contributed by atoms with van der Waals surface area (Å²) in [7, 11) is 3.93. The molecule has 1 aliphatic carbocycles. The molecule has 0 bridgehead atoms. The van der Waals surface area contributed by atoms with E-state index in [-0.39, 0.29) is 17.9 Å². The number of likely N-dealkylation sites (N-methyl/N-ethyl adjacent to an activating group) is 2. The number of nitrogens with zero attached hydrogens (tertiary/aromatic N) is 2. The zero-order chi connectivity index (χ0) is 13.2. The molecule has 0 aliphatic heterocycles. The minimum absolute atomic E-state index is 0.00532. The lowest BCUT2D eigenvalue weighted by Gasteiger charge is -2.30. The van der Waals surface area contributed by atoms with E-state index in [0.29, 0.717) is 13.0 Å². The van der Waals surface area contributed by atoms with Crippen LogP contribution in [0.5, 0.6) is 0 Å². The number of carboxylic acids is 1. The molecule has 98 valence electrons. The van der Waals surface area contributed by atoms with E-state index < -0.39 is 11.9 Å². The van der Waals surface area contributed by atoms with Crippen LogP contribution in [0.3, 0.4) is 0 Å². The van der Waals surface area contributed by atoms with Crippen molar-refractivity contribution in [3.63, 3.8) is 0 Å². The Morgan fingerprint density at radius 2 is 1.94 bits per heavy atom. The van der Waals surface area contributed by atoms with E-state index in [2.05, 4.69) is 0 Å². The number of hydrogen-bond acceptors (Lipinski definition) is 3. The van der Waals surface area contributed by atoms with Crippen molar-refractivity contribution in [2.45, 2.75) is 26.3 Å². The lowest BCUT2D eigenvalue weighted by molar-refractivity contribution is -0.142. The summed E-state index contributed by atoms with van der Waals surface area (Å²) in [6.07, 6.45) is 0.499. The van der Waals surface area contributed by atoms with Gasteiger partial charge in [-0.05, 0) is 34.4 Å². The first-order chi connectivity index (χ1) is 7.88. The largest absolute Gasteiger partial charge is 0.481 e. The van der Waals surface area contributed by atoms with Crippen LogP contribution >= 0.6 is 0 Å². The second kappa shape index (κ2) is 5.49. The maximum atomic E-state index is 12.1. The minimum atomic E-state index is -0.848. The van der Waals surface area contributed by atoms with Gasteiger partial charge in [-0.1, -0.05) is 0 Å². The molecule has 1 amide bonds. The quantitative estimate of drug-likeness (QED) is 0.737. The van der Waals surface area contributed by atoms with E-state index >= 15 is 0 Å². The summed E-state index contributed by atoms with van der Waals surface area (Å²) in [6, 6.07) is 0.123. The molecule has 3 unspecified atom stereocenters. The predicted octanol–water partition coefficient (Wildman–Crippen LogP) is 0.506. The fourth-order valence-electron chi connectivity index (χ4n) is 2.27. The lowest BCUT2D eigenvalue weighted by atomic mass is 10.2. The molecule has 3 atom stereocenters. The number of aliphatic carboxylic acids is 1. The number of rotatable bonds is 6. The summed E-state index contributed by atoms with van der Waals surface area (Å²) in [6.45, 7) is 5.36. The second-order valence-corrected chi connectivity index (χ2v) is 5.02. The van der Waals surface area contributed by atoms with Gasteiger partial charge in [-0.15, -0.1) is 0 Å². The molecule has 1 aliphatic rings. The molecule has 0 aromatic rings. The average molecular weight is 242 g/mol. The van der Waals surface area contributed by atoms with Gasteiger partial charge in [0.1, 0.15) is 0 Å². The molecule has 5 nitrogen and oxygen atoms in total.